The molecule has 0 aliphatic heterocycles. The first-order chi connectivity index (χ1) is 14.0. The summed E-state index contributed by atoms with van der Waals surface area (Å²) in [6.45, 7) is 6.65. The Bertz CT molecular complexity index is 1020. The number of carbonyl (C=O) groups excluding carboxylic acids is 1. The first-order valence-electron chi connectivity index (χ1n) is 9.44. The molecule has 1 amide bonds. The third-order valence-corrected chi connectivity index (χ3v) is 4.42. The summed E-state index contributed by atoms with van der Waals surface area (Å²) in [5.41, 5.74) is 3.32. The topological polar surface area (TPSA) is 81.9 Å². The minimum absolute atomic E-state index is 0.159. The molecule has 1 heterocycles. The van der Waals surface area contributed by atoms with Crippen molar-refractivity contribution in [3.05, 3.63) is 83.2 Å². The first-order valence-corrected chi connectivity index (χ1v) is 9.44. The number of rotatable bonds is 6. The summed E-state index contributed by atoms with van der Waals surface area (Å²) in [5, 5.41) is 11.7. The molecular weight excluding hydrogens is 362 g/mol. The van der Waals surface area contributed by atoms with E-state index in [2.05, 4.69) is 52.2 Å². The molecule has 0 aliphatic rings. The van der Waals surface area contributed by atoms with Crippen molar-refractivity contribution in [1.29, 1.82) is 5.26 Å². The number of benzene rings is 2. The largest absolute Gasteiger partial charge is 0.334 e. The normalized spacial score (nSPS) is 10.4. The number of aryl methyl sites for hydroxylation is 1. The van der Waals surface area contributed by atoms with E-state index >= 15 is 0 Å². The predicted octanol–water partition coefficient (Wildman–Crippen LogP) is 4.32. The summed E-state index contributed by atoms with van der Waals surface area (Å²) in [4.78, 5) is 23.9. The minimum atomic E-state index is -0.315. The number of nitriles is 1. The summed E-state index contributed by atoms with van der Waals surface area (Å²) in [6.07, 6.45) is 0. The van der Waals surface area contributed by atoms with Crippen LogP contribution in [0.2, 0.25) is 0 Å². The van der Waals surface area contributed by atoms with Crippen LogP contribution in [0, 0.1) is 18.3 Å². The molecule has 146 valence electrons. The molecule has 0 bridgehead atoms. The van der Waals surface area contributed by atoms with Crippen LogP contribution in [0.15, 0.2) is 60.7 Å². The van der Waals surface area contributed by atoms with Crippen molar-refractivity contribution >= 4 is 17.5 Å². The van der Waals surface area contributed by atoms with Gasteiger partial charge < -0.3 is 10.2 Å². The molecule has 2 aromatic carbocycles. The molecule has 0 spiro atoms. The molecule has 0 unspecified atom stereocenters. The number of carbonyl (C=O) groups is 1. The van der Waals surface area contributed by atoms with Gasteiger partial charge in [-0.3, -0.25) is 4.79 Å². The van der Waals surface area contributed by atoms with Gasteiger partial charge in [-0.05, 0) is 56.7 Å². The number of amides is 1. The Morgan fingerprint density at radius 3 is 2.41 bits per heavy atom. The quantitative estimate of drug-likeness (QED) is 0.683. The van der Waals surface area contributed by atoms with Crippen LogP contribution < -0.4 is 10.2 Å². The summed E-state index contributed by atoms with van der Waals surface area (Å²) < 4.78 is 0. The highest BCUT2D eigenvalue weighted by Crippen LogP contribution is 2.18. The fourth-order valence-corrected chi connectivity index (χ4v) is 2.89. The van der Waals surface area contributed by atoms with Crippen molar-refractivity contribution in [2.75, 3.05) is 10.2 Å². The lowest BCUT2D eigenvalue weighted by Gasteiger charge is -2.27. The molecule has 6 nitrogen and oxygen atoms in total. The molecule has 6 heteroatoms. The number of nitrogens with one attached hydrogen (secondary N) is 1. The number of anilines is 2. The van der Waals surface area contributed by atoms with E-state index in [0.717, 1.165) is 11.3 Å². The van der Waals surface area contributed by atoms with E-state index in [1.54, 1.807) is 30.3 Å². The van der Waals surface area contributed by atoms with Crippen LogP contribution in [0.1, 0.15) is 41.2 Å². The van der Waals surface area contributed by atoms with Crippen molar-refractivity contribution in [2.45, 2.75) is 33.4 Å². The number of aromatic nitrogens is 2. The Morgan fingerprint density at radius 2 is 1.79 bits per heavy atom. The Kier molecular flexibility index (Phi) is 6.20. The summed E-state index contributed by atoms with van der Waals surface area (Å²) in [5.74, 6) is 0.207. The van der Waals surface area contributed by atoms with Gasteiger partial charge >= 0.3 is 0 Å². The molecule has 0 radical (unpaired) electrons. The Balaban J connectivity index is 1.85. The lowest BCUT2D eigenvalue weighted by molar-refractivity contribution is 0.102. The summed E-state index contributed by atoms with van der Waals surface area (Å²) >= 11 is 0. The first kappa shape index (κ1) is 20.0. The molecule has 0 fully saturated rings. The summed E-state index contributed by atoms with van der Waals surface area (Å²) in [7, 11) is 0. The van der Waals surface area contributed by atoms with E-state index in [1.165, 1.54) is 0 Å². The number of hydrogen-bond donors (Lipinski definition) is 1. The Morgan fingerprint density at radius 1 is 1.10 bits per heavy atom. The van der Waals surface area contributed by atoms with E-state index < -0.39 is 0 Å². The third kappa shape index (κ3) is 5.17. The van der Waals surface area contributed by atoms with E-state index in [4.69, 9.17) is 5.26 Å². The van der Waals surface area contributed by atoms with Crippen LogP contribution in [-0.4, -0.2) is 21.9 Å². The van der Waals surface area contributed by atoms with Crippen molar-refractivity contribution < 1.29 is 4.79 Å². The van der Waals surface area contributed by atoms with Gasteiger partial charge in [-0.1, -0.05) is 30.3 Å². The SMILES string of the molecule is Cc1cc(C(=O)Nc2ccc(C#N)cc2)nc(N(Cc2ccccc2)C(C)C)n1. The van der Waals surface area contributed by atoms with Gasteiger partial charge in [-0.25, -0.2) is 9.97 Å². The fraction of sp³-hybridized carbons (Fsp3) is 0.217. The maximum atomic E-state index is 12.7. The zero-order chi connectivity index (χ0) is 20.8. The molecule has 0 aliphatic carbocycles. The molecule has 0 saturated heterocycles. The lowest BCUT2D eigenvalue weighted by Crippen LogP contribution is -2.32. The molecule has 1 N–H and O–H groups in total. The molecule has 29 heavy (non-hydrogen) atoms. The van der Waals surface area contributed by atoms with Gasteiger partial charge in [0.15, 0.2) is 0 Å². The maximum absolute atomic E-state index is 12.7. The van der Waals surface area contributed by atoms with Crippen LogP contribution in [-0.2, 0) is 6.54 Å². The number of hydrogen-bond acceptors (Lipinski definition) is 5. The van der Waals surface area contributed by atoms with E-state index in [1.807, 2.05) is 25.1 Å². The van der Waals surface area contributed by atoms with Gasteiger partial charge in [-0.2, -0.15) is 5.26 Å². The van der Waals surface area contributed by atoms with Crippen LogP contribution in [0.25, 0.3) is 0 Å². The Labute approximate surface area is 170 Å². The number of nitrogens with zero attached hydrogens (tertiary/aromatic N) is 4. The second-order valence-electron chi connectivity index (χ2n) is 7.05. The molecule has 1 aromatic heterocycles. The van der Waals surface area contributed by atoms with E-state index in [9.17, 15) is 4.79 Å². The highest BCUT2D eigenvalue weighted by molar-refractivity contribution is 6.03. The average molecular weight is 385 g/mol. The predicted molar refractivity (Wildman–Crippen MR) is 114 cm³/mol. The van der Waals surface area contributed by atoms with Crippen LogP contribution in [0.4, 0.5) is 11.6 Å². The third-order valence-electron chi connectivity index (χ3n) is 4.42. The monoisotopic (exact) mass is 385 g/mol. The van der Waals surface area contributed by atoms with Crippen molar-refractivity contribution in [3.63, 3.8) is 0 Å². The smallest absolute Gasteiger partial charge is 0.274 e. The minimum Gasteiger partial charge on any atom is -0.334 e. The van der Waals surface area contributed by atoms with E-state index in [-0.39, 0.29) is 11.9 Å². The summed E-state index contributed by atoms with van der Waals surface area (Å²) in [6, 6.07) is 20.7. The zero-order valence-electron chi connectivity index (χ0n) is 16.8. The molecule has 0 saturated carbocycles. The maximum Gasteiger partial charge on any atom is 0.274 e. The fourth-order valence-electron chi connectivity index (χ4n) is 2.89. The van der Waals surface area contributed by atoms with Crippen molar-refractivity contribution in [1.82, 2.24) is 9.97 Å². The molecule has 0 atom stereocenters. The van der Waals surface area contributed by atoms with Crippen LogP contribution in [0.5, 0.6) is 0 Å². The van der Waals surface area contributed by atoms with Gasteiger partial charge in [0.2, 0.25) is 5.95 Å². The van der Waals surface area contributed by atoms with Gasteiger partial charge in [0.1, 0.15) is 5.69 Å². The molecule has 3 rings (SSSR count). The van der Waals surface area contributed by atoms with Crippen LogP contribution >= 0.6 is 0 Å². The van der Waals surface area contributed by atoms with E-state index in [0.29, 0.717) is 29.4 Å². The lowest BCUT2D eigenvalue weighted by atomic mass is 10.2. The van der Waals surface area contributed by atoms with Gasteiger partial charge in [0.25, 0.3) is 5.91 Å². The zero-order valence-corrected chi connectivity index (χ0v) is 16.8. The molecule has 3 aromatic rings. The van der Waals surface area contributed by atoms with Crippen molar-refractivity contribution in [3.8, 4) is 6.07 Å². The van der Waals surface area contributed by atoms with Crippen molar-refractivity contribution in [2.24, 2.45) is 0 Å². The van der Waals surface area contributed by atoms with Crippen LogP contribution in [0.3, 0.4) is 0 Å². The molecular formula is C23H23N5O. The van der Waals surface area contributed by atoms with Gasteiger partial charge in [-0.15, -0.1) is 0 Å². The highest BCUT2D eigenvalue weighted by atomic mass is 16.1. The second kappa shape index (κ2) is 8.98. The van der Waals surface area contributed by atoms with Gasteiger partial charge in [0, 0.05) is 24.0 Å². The van der Waals surface area contributed by atoms with Gasteiger partial charge in [0.05, 0.1) is 11.6 Å². The average Bonchev–Trinajstić information content (AvgIpc) is 2.72. The highest BCUT2D eigenvalue weighted by Gasteiger charge is 2.18. The standard InChI is InChI=1S/C23H23N5O/c1-16(2)28(15-19-7-5-4-6-8-19)23-25-17(3)13-21(27-23)22(29)26-20-11-9-18(14-24)10-12-20/h4-13,16H,15H2,1-3H3,(H,26,29). The second-order valence-corrected chi connectivity index (χ2v) is 7.05. The Hall–Kier alpha value is -3.72.